The molecular formula is C14H21N5O2. The second-order valence-corrected chi connectivity index (χ2v) is 6.19. The summed E-state index contributed by atoms with van der Waals surface area (Å²) in [6.45, 7) is 7.80. The molecule has 0 atom stereocenters. The lowest BCUT2D eigenvalue weighted by Crippen LogP contribution is -2.48. The predicted octanol–water partition coefficient (Wildman–Crippen LogP) is 0.410. The van der Waals surface area contributed by atoms with Crippen molar-refractivity contribution in [1.82, 2.24) is 20.6 Å². The third-order valence-corrected chi connectivity index (χ3v) is 3.24. The minimum Gasteiger partial charge on any atom is -0.350 e. The van der Waals surface area contributed by atoms with Crippen molar-refractivity contribution in [1.29, 1.82) is 0 Å². The second-order valence-electron chi connectivity index (χ2n) is 6.19. The van der Waals surface area contributed by atoms with Crippen LogP contribution >= 0.6 is 0 Å². The molecule has 3 N–H and O–H groups in total. The first kappa shape index (κ1) is 15.4. The molecule has 1 aromatic heterocycles. The van der Waals surface area contributed by atoms with Crippen molar-refractivity contribution in [2.24, 2.45) is 11.3 Å². The number of amides is 2. The van der Waals surface area contributed by atoms with Crippen LogP contribution in [0.25, 0.3) is 0 Å². The highest BCUT2D eigenvalue weighted by atomic mass is 16.2. The van der Waals surface area contributed by atoms with E-state index < -0.39 is 5.41 Å². The van der Waals surface area contributed by atoms with Gasteiger partial charge in [-0.3, -0.25) is 9.59 Å². The van der Waals surface area contributed by atoms with Crippen molar-refractivity contribution >= 4 is 17.6 Å². The summed E-state index contributed by atoms with van der Waals surface area (Å²) in [5, 5.41) is 8.62. The molecule has 2 rings (SSSR count). The largest absolute Gasteiger partial charge is 0.350 e. The van der Waals surface area contributed by atoms with Crippen LogP contribution in [0.2, 0.25) is 0 Å². The molecule has 0 aromatic carbocycles. The first-order valence-electron chi connectivity index (χ1n) is 6.99. The fourth-order valence-electron chi connectivity index (χ4n) is 1.70. The van der Waals surface area contributed by atoms with Crippen molar-refractivity contribution in [2.45, 2.75) is 20.8 Å². The van der Waals surface area contributed by atoms with Gasteiger partial charge in [-0.2, -0.15) is 0 Å². The molecule has 1 aliphatic heterocycles. The van der Waals surface area contributed by atoms with Crippen LogP contribution in [0.1, 0.15) is 31.3 Å². The van der Waals surface area contributed by atoms with Crippen molar-refractivity contribution in [2.75, 3.05) is 25.0 Å². The average molecular weight is 291 g/mol. The molecule has 0 radical (unpaired) electrons. The van der Waals surface area contributed by atoms with Gasteiger partial charge >= 0.3 is 0 Å². The summed E-state index contributed by atoms with van der Waals surface area (Å²) >= 11 is 0. The van der Waals surface area contributed by atoms with Crippen molar-refractivity contribution in [3.63, 3.8) is 0 Å². The summed E-state index contributed by atoms with van der Waals surface area (Å²) in [6.07, 6.45) is 2.89. The molecule has 1 aliphatic rings. The number of hydrogen-bond donors (Lipinski definition) is 3. The molecule has 0 saturated carbocycles. The summed E-state index contributed by atoms with van der Waals surface area (Å²) in [7, 11) is 0. The Morgan fingerprint density at radius 2 is 1.95 bits per heavy atom. The molecule has 0 aliphatic carbocycles. The number of carbonyl (C=O) groups is 2. The fourth-order valence-corrected chi connectivity index (χ4v) is 1.70. The molecule has 2 heterocycles. The Morgan fingerprint density at radius 3 is 2.52 bits per heavy atom. The molecular weight excluding hydrogens is 270 g/mol. The molecule has 1 aromatic rings. The van der Waals surface area contributed by atoms with E-state index in [1.807, 2.05) is 0 Å². The first-order chi connectivity index (χ1) is 9.88. The molecule has 1 fully saturated rings. The summed E-state index contributed by atoms with van der Waals surface area (Å²) in [5.41, 5.74) is -0.426. The zero-order valence-corrected chi connectivity index (χ0v) is 12.6. The van der Waals surface area contributed by atoms with Crippen LogP contribution in [0.15, 0.2) is 12.4 Å². The SMILES string of the molecule is CC(C)(C)C(=O)Nc1nccnc1C(=O)NCC1CNC1. The molecule has 21 heavy (non-hydrogen) atoms. The van der Waals surface area contributed by atoms with E-state index in [1.165, 1.54) is 12.4 Å². The van der Waals surface area contributed by atoms with Crippen LogP contribution in [0.5, 0.6) is 0 Å². The van der Waals surface area contributed by atoms with E-state index in [9.17, 15) is 9.59 Å². The quantitative estimate of drug-likeness (QED) is 0.746. The lowest BCUT2D eigenvalue weighted by atomic mass is 9.96. The molecule has 2 amide bonds. The average Bonchev–Trinajstić information content (AvgIpc) is 2.36. The standard InChI is InChI=1S/C14H21N5O2/c1-14(2,3)13(21)19-11-10(16-4-5-17-11)12(20)18-8-9-6-15-7-9/h4-5,9,15H,6-8H2,1-3H3,(H,18,20)(H,17,19,21). The minimum absolute atomic E-state index is 0.141. The molecule has 7 heteroatoms. The van der Waals surface area contributed by atoms with Crippen LogP contribution in [0.3, 0.4) is 0 Å². The van der Waals surface area contributed by atoms with E-state index in [1.54, 1.807) is 20.8 Å². The van der Waals surface area contributed by atoms with Gasteiger partial charge in [-0.05, 0) is 0 Å². The summed E-state index contributed by atoms with van der Waals surface area (Å²) in [5.74, 6) is 0.124. The Morgan fingerprint density at radius 1 is 1.29 bits per heavy atom. The highest BCUT2D eigenvalue weighted by molar-refractivity contribution is 6.02. The van der Waals surface area contributed by atoms with Crippen LogP contribution in [-0.2, 0) is 4.79 Å². The zero-order valence-electron chi connectivity index (χ0n) is 12.6. The Bertz CT molecular complexity index is 534. The Balaban J connectivity index is 2.04. The van der Waals surface area contributed by atoms with Gasteiger partial charge in [-0.15, -0.1) is 0 Å². The number of rotatable bonds is 4. The smallest absolute Gasteiger partial charge is 0.273 e. The van der Waals surface area contributed by atoms with Crippen LogP contribution in [-0.4, -0.2) is 41.4 Å². The third kappa shape index (κ3) is 3.98. The summed E-state index contributed by atoms with van der Waals surface area (Å²) < 4.78 is 0. The van der Waals surface area contributed by atoms with E-state index in [4.69, 9.17) is 0 Å². The van der Waals surface area contributed by atoms with E-state index in [-0.39, 0.29) is 23.3 Å². The fraction of sp³-hybridized carbons (Fsp3) is 0.571. The normalized spacial score (nSPS) is 15.2. The van der Waals surface area contributed by atoms with E-state index >= 15 is 0 Å². The van der Waals surface area contributed by atoms with E-state index in [2.05, 4.69) is 25.9 Å². The highest BCUT2D eigenvalue weighted by Crippen LogP contribution is 2.17. The van der Waals surface area contributed by atoms with Gasteiger partial charge in [-0.1, -0.05) is 20.8 Å². The number of nitrogens with one attached hydrogen (secondary N) is 3. The molecule has 0 bridgehead atoms. The zero-order chi connectivity index (χ0) is 15.5. The van der Waals surface area contributed by atoms with Crippen molar-refractivity contribution in [3.8, 4) is 0 Å². The van der Waals surface area contributed by atoms with Crippen LogP contribution < -0.4 is 16.0 Å². The van der Waals surface area contributed by atoms with Crippen molar-refractivity contribution < 1.29 is 9.59 Å². The van der Waals surface area contributed by atoms with Crippen molar-refractivity contribution in [3.05, 3.63) is 18.1 Å². The maximum absolute atomic E-state index is 12.2. The van der Waals surface area contributed by atoms with Gasteiger partial charge in [0.15, 0.2) is 11.5 Å². The first-order valence-corrected chi connectivity index (χ1v) is 6.99. The van der Waals surface area contributed by atoms with Gasteiger partial charge in [0.1, 0.15) is 0 Å². The van der Waals surface area contributed by atoms with E-state index in [0.717, 1.165) is 13.1 Å². The van der Waals surface area contributed by atoms with Gasteiger partial charge in [0.05, 0.1) is 0 Å². The van der Waals surface area contributed by atoms with Gasteiger partial charge in [0, 0.05) is 43.4 Å². The number of aromatic nitrogens is 2. The van der Waals surface area contributed by atoms with E-state index in [0.29, 0.717) is 12.5 Å². The Hall–Kier alpha value is -2.02. The van der Waals surface area contributed by atoms with Gasteiger partial charge in [0.2, 0.25) is 5.91 Å². The monoisotopic (exact) mass is 291 g/mol. The van der Waals surface area contributed by atoms with Gasteiger partial charge < -0.3 is 16.0 Å². The molecule has 0 spiro atoms. The molecule has 114 valence electrons. The third-order valence-electron chi connectivity index (χ3n) is 3.24. The molecule has 7 nitrogen and oxygen atoms in total. The van der Waals surface area contributed by atoms with Gasteiger partial charge in [-0.25, -0.2) is 9.97 Å². The maximum Gasteiger partial charge on any atom is 0.273 e. The number of carbonyl (C=O) groups excluding carboxylic acids is 2. The Labute approximate surface area is 123 Å². The molecule has 1 saturated heterocycles. The number of hydrogen-bond acceptors (Lipinski definition) is 5. The predicted molar refractivity (Wildman–Crippen MR) is 78.8 cm³/mol. The van der Waals surface area contributed by atoms with Gasteiger partial charge in [0.25, 0.3) is 5.91 Å². The molecule has 0 unspecified atom stereocenters. The second kappa shape index (κ2) is 6.17. The van der Waals surface area contributed by atoms with Crippen LogP contribution in [0, 0.1) is 11.3 Å². The summed E-state index contributed by atoms with van der Waals surface area (Å²) in [4.78, 5) is 32.2. The maximum atomic E-state index is 12.2. The number of anilines is 1. The van der Waals surface area contributed by atoms with Crippen LogP contribution in [0.4, 0.5) is 5.82 Å². The lowest BCUT2D eigenvalue weighted by molar-refractivity contribution is -0.123. The topological polar surface area (TPSA) is 96.0 Å². The highest BCUT2D eigenvalue weighted by Gasteiger charge is 2.25. The Kier molecular flexibility index (Phi) is 4.52. The number of nitrogens with zero attached hydrogens (tertiary/aromatic N) is 2. The summed E-state index contributed by atoms with van der Waals surface area (Å²) in [6, 6.07) is 0. The lowest BCUT2D eigenvalue weighted by Gasteiger charge is -2.27. The minimum atomic E-state index is -0.567.